The average Bonchev–Trinajstić information content (AvgIpc) is 3.02. The zero-order valence-electron chi connectivity index (χ0n) is 8.69. The molecule has 1 aliphatic heterocycles. The van der Waals surface area contributed by atoms with E-state index in [2.05, 4.69) is 56.7 Å². The van der Waals surface area contributed by atoms with Crippen LogP contribution in [0.15, 0.2) is 0 Å². The second-order valence-electron chi connectivity index (χ2n) is 4.29. The van der Waals surface area contributed by atoms with Crippen LogP contribution in [0.2, 0.25) is 0 Å². The first-order chi connectivity index (χ1) is 7.43. The number of hydrogen-bond acceptors (Lipinski definition) is 1. The molecule has 0 aromatic rings. The Morgan fingerprint density at radius 2 is 1.13 bits per heavy atom. The van der Waals surface area contributed by atoms with E-state index < -0.39 is 0 Å². The Balaban J connectivity index is 1.53. The van der Waals surface area contributed by atoms with E-state index in [0.717, 1.165) is 0 Å². The summed E-state index contributed by atoms with van der Waals surface area (Å²) >= 11 is 0. The third-order valence-electron chi connectivity index (χ3n) is 3.33. The molecule has 0 unspecified atom stereocenters. The molecule has 3 rings (SSSR count). The lowest BCUT2D eigenvalue weighted by Crippen LogP contribution is -2.36. The summed E-state index contributed by atoms with van der Waals surface area (Å²) < 4.78 is 0. The molecule has 76 valence electrons. The van der Waals surface area contributed by atoms with Gasteiger partial charge in [-0.3, -0.25) is 0 Å². The van der Waals surface area contributed by atoms with Gasteiger partial charge in [-0.1, -0.05) is 0 Å². The van der Waals surface area contributed by atoms with Gasteiger partial charge in [-0.15, -0.1) is 0 Å². The van der Waals surface area contributed by atoms with Crippen molar-refractivity contribution in [2.75, 3.05) is 0 Å². The number of nitrogens with one attached hydrogen (secondary N) is 1. The summed E-state index contributed by atoms with van der Waals surface area (Å²) in [7, 11) is 0. The largest absolute Gasteiger partial charge is 0.310 e. The molecule has 2 aliphatic carbocycles. The predicted molar refractivity (Wildman–Crippen MR) is 60.8 cm³/mol. The summed E-state index contributed by atoms with van der Waals surface area (Å²) in [5.41, 5.74) is 0. The minimum Gasteiger partial charge on any atom is -0.310 e. The van der Waals surface area contributed by atoms with Crippen molar-refractivity contribution in [1.29, 1.82) is 0 Å². The van der Waals surface area contributed by atoms with Gasteiger partial charge in [-0.2, -0.15) is 0 Å². The van der Waals surface area contributed by atoms with Crippen molar-refractivity contribution in [1.82, 2.24) is 5.32 Å². The zero-order valence-corrected chi connectivity index (χ0v) is 8.69. The fraction of sp³-hybridized carbons (Fsp3) is 0.286. The third kappa shape index (κ3) is 2.08. The molecule has 1 heterocycles. The standard InChI is InChI=1S/C14H15N/c1-2-6-11(5-1)13-9-10-14(15-13)12-7-3-4-8-12/h1-8,13-15H,9-10H2/t13-,14-/m1/s1. The van der Waals surface area contributed by atoms with Crippen molar-refractivity contribution in [2.24, 2.45) is 0 Å². The molecule has 0 aromatic heterocycles. The van der Waals surface area contributed by atoms with Gasteiger partial charge in [0.15, 0.2) is 0 Å². The van der Waals surface area contributed by atoms with E-state index in [-0.39, 0.29) is 0 Å². The van der Waals surface area contributed by atoms with Crippen molar-refractivity contribution in [3.8, 4) is 0 Å². The van der Waals surface area contributed by atoms with Crippen molar-refractivity contribution >= 4 is 0 Å². The second-order valence-corrected chi connectivity index (χ2v) is 4.29. The lowest BCUT2D eigenvalue weighted by atomic mass is 9.96. The zero-order chi connectivity index (χ0) is 10.1. The van der Waals surface area contributed by atoms with E-state index in [0.29, 0.717) is 12.1 Å². The van der Waals surface area contributed by atoms with Crippen LogP contribution in [0.3, 0.4) is 0 Å². The normalized spacial score (nSPS) is 39.2. The van der Waals surface area contributed by atoms with Gasteiger partial charge >= 0.3 is 0 Å². The second kappa shape index (κ2) is 4.45. The number of rotatable bonds is 2. The van der Waals surface area contributed by atoms with E-state index in [4.69, 9.17) is 0 Å². The first-order valence-electron chi connectivity index (χ1n) is 5.63. The van der Waals surface area contributed by atoms with Gasteiger partial charge in [-0.05, 0) is 64.2 Å². The summed E-state index contributed by atoms with van der Waals surface area (Å²) in [6, 6.07) is 1.11. The molecule has 3 fully saturated rings. The fourth-order valence-corrected chi connectivity index (χ4v) is 2.51. The first kappa shape index (κ1) is 10.1. The molecule has 1 heteroatoms. The lowest BCUT2D eigenvalue weighted by Gasteiger charge is -2.22. The van der Waals surface area contributed by atoms with Crippen molar-refractivity contribution in [3.05, 3.63) is 63.2 Å². The quantitative estimate of drug-likeness (QED) is 0.713. The van der Waals surface area contributed by atoms with Crippen LogP contribution in [0.4, 0.5) is 0 Å². The molecule has 0 bridgehead atoms. The Bertz CT molecular complexity index is 179. The van der Waals surface area contributed by atoms with Crippen LogP contribution in [0, 0.1) is 63.2 Å². The monoisotopic (exact) mass is 197 g/mol. The lowest BCUT2D eigenvalue weighted by molar-refractivity contribution is 0.584. The smallest absolute Gasteiger partial charge is 0.0139 e. The maximum Gasteiger partial charge on any atom is 0.0139 e. The van der Waals surface area contributed by atoms with Gasteiger partial charge in [0.2, 0.25) is 0 Å². The van der Waals surface area contributed by atoms with E-state index in [9.17, 15) is 0 Å². The van der Waals surface area contributed by atoms with Crippen LogP contribution in [0.5, 0.6) is 0 Å². The Kier molecular flexibility index (Phi) is 3.01. The maximum atomic E-state index is 3.70. The minimum absolute atomic E-state index is 0.555. The average molecular weight is 197 g/mol. The number of hydrogen-bond donors (Lipinski definition) is 1. The summed E-state index contributed by atoms with van der Waals surface area (Å²) in [4.78, 5) is 0. The molecule has 1 N–H and O–H groups in total. The van der Waals surface area contributed by atoms with Crippen molar-refractivity contribution in [3.63, 3.8) is 0 Å². The van der Waals surface area contributed by atoms with E-state index in [1.165, 1.54) is 24.7 Å². The predicted octanol–water partition coefficient (Wildman–Crippen LogP) is 1.92. The highest BCUT2D eigenvalue weighted by Gasteiger charge is 2.36. The Morgan fingerprint density at radius 1 is 0.733 bits per heavy atom. The van der Waals surface area contributed by atoms with E-state index in [1.807, 2.05) is 0 Å². The van der Waals surface area contributed by atoms with Crippen LogP contribution < -0.4 is 5.32 Å². The maximum absolute atomic E-state index is 3.70. The molecular weight excluding hydrogens is 182 g/mol. The Morgan fingerprint density at radius 3 is 1.53 bits per heavy atom. The van der Waals surface area contributed by atoms with Gasteiger partial charge < -0.3 is 5.32 Å². The van der Waals surface area contributed by atoms with Gasteiger partial charge in [0.25, 0.3) is 0 Å². The van der Waals surface area contributed by atoms with Crippen LogP contribution in [0.25, 0.3) is 0 Å². The summed E-state index contributed by atoms with van der Waals surface area (Å²) in [6.45, 7) is 0. The molecule has 2 saturated carbocycles. The Hall–Kier alpha value is -0.0400. The highest BCUT2D eigenvalue weighted by molar-refractivity contribution is 5.42. The molecule has 1 saturated heterocycles. The molecule has 1 nitrogen and oxygen atoms in total. The molecular formula is C14H15N. The van der Waals surface area contributed by atoms with Crippen LogP contribution in [-0.4, -0.2) is 12.1 Å². The SMILES string of the molecule is [CH]1[CH][CH][C]([C@H]2CC[C@H]([C]3[CH][CH][CH][CH]3)N2)[CH]1. The summed E-state index contributed by atoms with van der Waals surface area (Å²) in [5, 5.41) is 3.70. The molecule has 0 amide bonds. The van der Waals surface area contributed by atoms with E-state index in [1.54, 1.807) is 0 Å². The third-order valence-corrected chi connectivity index (χ3v) is 3.33. The summed E-state index contributed by atoms with van der Waals surface area (Å²) in [6.07, 6.45) is 19.8. The highest BCUT2D eigenvalue weighted by Crippen LogP contribution is 2.36. The summed E-state index contributed by atoms with van der Waals surface area (Å²) in [5.74, 6) is 2.87. The van der Waals surface area contributed by atoms with Crippen LogP contribution in [-0.2, 0) is 0 Å². The molecule has 0 aromatic carbocycles. The van der Waals surface area contributed by atoms with Gasteiger partial charge in [0.1, 0.15) is 0 Å². The fourth-order valence-electron chi connectivity index (χ4n) is 2.51. The molecule has 3 aliphatic rings. The van der Waals surface area contributed by atoms with Crippen molar-refractivity contribution < 1.29 is 0 Å². The minimum atomic E-state index is 0.555. The molecule has 10 radical (unpaired) electrons. The molecule has 0 spiro atoms. The Labute approximate surface area is 94.0 Å². The molecule has 2 atom stereocenters. The van der Waals surface area contributed by atoms with Crippen molar-refractivity contribution in [2.45, 2.75) is 24.9 Å². The van der Waals surface area contributed by atoms with Gasteiger partial charge in [0, 0.05) is 23.9 Å². The van der Waals surface area contributed by atoms with E-state index >= 15 is 0 Å². The topological polar surface area (TPSA) is 12.0 Å². The van der Waals surface area contributed by atoms with Gasteiger partial charge in [-0.25, -0.2) is 0 Å². The van der Waals surface area contributed by atoms with Gasteiger partial charge in [0.05, 0.1) is 0 Å². The highest BCUT2D eigenvalue weighted by atomic mass is 15.0. The first-order valence-corrected chi connectivity index (χ1v) is 5.63. The van der Waals surface area contributed by atoms with Crippen LogP contribution >= 0.6 is 0 Å². The molecule has 15 heavy (non-hydrogen) atoms. The van der Waals surface area contributed by atoms with Crippen LogP contribution in [0.1, 0.15) is 12.8 Å².